The first-order valence-electron chi connectivity index (χ1n) is 19.9. The molecule has 1 unspecified atom stereocenters. The molecule has 1 aromatic carbocycles. The van der Waals surface area contributed by atoms with Crippen LogP contribution in [0.4, 0.5) is 17.5 Å². The minimum atomic E-state index is -0.699. The van der Waals surface area contributed by atoms with E-state index in [1.807, 2.05) is 30.5 Å². The number of pyridine rings is 1. The van der Waals surface area contributed by atoms with Crippen LogP contribution >= 0.6 is 0 Å². The summed E-state index contributed by atoms with van der Waals surface area (Å²) >= 11 is 0. The van der Waals surface area contributed by atoms with Crippen molar-refractivity contribution in [3.8, 4) is 0 Å². The van der Waals surface area contributed by atoms with Crippen LogP contribution in [-0.2, 0) is 16.6 Å². The quantitative estimate of drug-likeness (QED) is 0.213. The third kappa shape index (κ3) is 6.12. The van der Waals surface area contributed by atoms with Crippen molar-refractivity contribution in [3.05, 3.63) is 70.5 Å². The van der Waals surface area contributed by atoms with Gasteiger partial charge >= 0.3 is 5.69 Å². The molecule has 4 aliphatic rings. The lowest BCUT2D eigenvalue weighted by Gasteiger charge is -2.55. The highest BCUT2D eigenvalue weighted by Crippen LogP contribution is 2.45. The Balaban J connectivity index is 0.843. The normalized spacial score (nSPS) is 20.8. The molecular formula is C41H49N11O4. The lowest BCUT2D eigenvalue weighted by molar-refractivity contribution is -0.135. The number of nitrogens with zero attached hydrogens (tertiary/aromatic N) is 9. The molecule has 15 heteroatoms. The van der Waals surface area contributed by atoms with Crippen molar-refractivity contribution in [2.24, 2.45) is 12.5 Å². The number of aryl methyl sites for hydroxylation is 1. The monoisotopic (exact) mass is 759 g/mol. The molecule has 0 radical (unpaired) electrons. The number of hydrogen-bond acceptors (Lipinski definition) is 10. The van der Waals surface area contributed by atoms with Gasteiger partial charge in [0.1, 0.15) is 23.2 Å². The highest BCUT2D eigenvalue weighted by Gasteiger charge is 2.46. The van der Waals surface area contributed by atoms with Crippen LogP contribution in [0.1, 0.15) is 92.5 Å². The number of benzene rings is 1. The van der Waals surface area contributed by atoms with Crippen molar-refractivity contribution in [2.75, 3.05) is 50.5 Å². The Kier molecular flexibility index (Phi) is 8.94. The van der Waals surface area contributed by atoms with Gasteiger partial charge in [-0.15, -0.1) is 0 Å². The Labute approximate surface area is 324 Å². The Hall–Kier alpha value is -5.57. The van der Waals surface area contributed by atoms with Crippen LogP contribution in [0.2, 0.25) is 0 Å². The van der Waals surface area contributed by atoms with E-state index in [0.29, 0.717) is 23.9 Å². The molecule has 0 bridgehead atoms. The minimum absolute atomic E-state index is 0.0299. The zero-order valence-electron chi connectivity index (χ0n) is 32.5. The van der Waals surface area contributed by atoms with Gasteiger partial charge in [0.2, 0.25) is 17.8 Å². The zero-order chi connectivity index (χ0) is 38.9. The number of imidazole rings is 1. The van der Waals surface area contributed by atoms with Crippen molar-refractivity contribution < 1.29 is 14.4 Å². The van der Waals surface area contributed by atoms with Crippen LogP contribution in [0.25, 0.3) is 22.1 Å². The van der Waals surface area contributed by atoms with Crippen molar-refractivity contribution in [1.29, 1.82) is 0 Å². The van der Waals surface area contributed by atoms with Gasteiger partial charge in [-0.25, -0.2) is 14.8 Å². The molecule has 2 N–H and O–H groups in total. The topological polar surface area (TPSA) is 156 Å². The maximum absolute atomic E-state index is 13.5. The maximum Gasteiger partial charge on any atom is 0.329 e. The fourth-order valence-electron chi connectivity index (χ4n) is 9.58. The van der Waals surface area contributed by atoms with Crippen LogP contribution in [-0.4, -0.2) is 96.4 Å². The van der Waals surface area contributed by atoms with E-state index < -0.39 is 11.9 Å². The molecule has 1 aliphatic carbocycles. The molecule has 4 aromatic heterocycles. The summed E-state index contributed by atoms with van der Waals surface area (Å²) in [6.07, 6.45) is 10.8. The number of hydrogen-bond donors (Lipinski definition) is 2. The number of imide groups is 1. The average molecular weight is 760 g/mol. The Morgan fingerprint density at radius 3 is 2.45 bits per heavy atom. The van der Waals surface area contributed by atoms with E-state index in [0.717, 1.165) is 98.0 Å². The fourth-order valence-corrected chi connectivity index (χ4v) is 9.58. The number of anilines is 3. The number of likely N-dealkylation sites (tertiary alicyclic amines) is 1. The molecule has 2 atom stereocenters. The molecular weight excluding hydrogens is 711 g/mol. The predicted octanol–water partition coefficient (Wildman–Crippen LogP) is 4.68. The number of piperidine rings is 2. The molecule has 292 valence electrons. The SMILES string of the molecule is CC(c1ccc(Nc2ncc3cc(C(=O)N(C)C)n(C4CCCC4)c3n2)nc1)N1CCC2(CC1)CN(c1cccc3c1n(C)c(=O)n3[C@H]1CCC(=O)NC1=O)C2. The molecule has 15 nitrogen and oxygen atoms in total. The highest BCUT2D eigenvalue weighted by molar-refractivity contribution is 6.01. The maximum atomic E-state index is 13.5. The molecule has 9 rings (SSSR count). The van der Waals surface area contributed by atoms with Crippen molar-refractivity contribution in [3.63, 3.8) is 0 Å². The summed E-state index contributed by atoms with van der Waals surface area (Å²) in [5, 5.41) is 6.55. The first-order valence-corrected chi connectivity index (χ1v) is 19.9. The molecule has 4 fully saturated rings. The zero-order valence-corrected chi connectivity index (χ0v) is 32.5. The molecule has 7 heterocycles. The highest BCUT2D eigenvalue weighted by atomic mass is 16.2. The lowest BCUT2D eigenvalue weighted by Crippen LogP contribution is -2.60. The van der Waals surface area contributed by atoms with E-state index in [-0.39, 0.29) is 41.4 Å². The summed E-state index contributed by atoms with van der Waals surface area (Å²) in [5.74, 6) is 0.369. The van der Waals surface area contributed by atoms with E-state index in [9.17, 15) is 19.2 Å². The second-order valence-electron chi connectivity index (χ2n) is 16.5. The van der Waals surface area contributed by atoms with Gasteiger partial charge in [0.05, 0.1) is 16.7 Å². The molecule has 56 heavy (non-hydrogen) atoms. The third-order valence-electron chi connectivity index (χ3n) is 12.8. The van der Waals surface area contributed by atoms with Gasteiger partial charge in [0, 0.05) is 75.9 Å². The number of para-hydroxylation sites is 1. The number of carbonyl (C=O) groups is 3. The van der Waals surface area contributed by atoms with Crippen LogP contribution in [0, 0.1) is 5.41 Å². The van der Waals surface area contributed by atoms with Crippen LogP contribution in [0.3, 0.4) is 0 Å². The van der Waals surface area contributed by atoms with Crippen molar-refractivity contribution >= 4 is 57.2 Å². The van der Waals surface area contributed by atoms with Crippen LogP contribution in [0.15, 0.2) is 53.6 Å². The van der Waals surface area contributed by atoms with E-state index in [1.54, 1.807) is 41.4 Å². The number of fused-ring (bicyclic) bond motifs is 2. The minimum Gasteiger partial charge on any atom is -0.369 e. The molecule has 1 spiro atoms. The summed E-state index contributed by atoms with van der Waals surface area (Å²) in [6, 6.07) is 11.7. The molecule has 3 amide bonds. The Morgan fingerprint density at radius 1 is 0.982 bits per heavy atom. The number of amides is 3. The van der Waals surface area contributed by atoms with E-state index in [1.165, 1.54) is 0 Å². The summed E-state index contributed by atoms with van der Waals surface area (Å²) in [6.45, 7) is 6.04. The second kappa shape index (κ2) is 13.9. The summed E-state index contributed by atoms with van der Waals surface area (Å²) in [4.78, 5) is 71.8. The van der Waals surface area contributed by atoms with Crippen LogP contribution in [0.5, 0.6) is 0 Å². The molecule has 3 saturated heterocycles. The van der Waals surface area contributed by atoms with Gasteiger partial charge in [0.15, 0.2) is 0 Å². The number of rotatable bonds is 8. The van der Waals surface area contributed by atoms with E-state index in [4.69, 9.17) is 9.97 Å². The summed E-state index contributed by atoms with van der Waals surface area (Å²) < 4.78 is 5.32. The first kappa shape index (κ1) is 36.1. The van der Waals surface area contributed by atoms with Crippen molar-refractivity contribution in [2.45, 2.75) is 76.4 Å². The second-order valence-corrected chi connectivity index (χ2v) is 16.5. The molecule has 5 aromatic rings. The average Bonchev–Trinajstić information content (AvgIpc) is 3.91. The van der Waals surface area contributed by atoms with Gasteiger partial charge in [0.25, 0.3) is 5.91 Å². The van der Waals surface area contributed by atoms with Crippen molar-refractivity contribution in [1.82, 2.24) is 43.8 Å². The fraction of sp³-hybridized carbons (Fsp3) is 0.488. The largest absolute Gasteiger partial charge is 0.369 e. The lowest BCUT2D eigenvalue weighted by atomic mass is 9.71. The number of nitrogens with one attached hydrogen (secondary N) is 2. The van der Waals surface area contributed by atoms with Gasteiger partial charge < -0.3 is 19.7 Å². The van der Waals surface area contributed by atoms with Gasteiger partial charge in [-0.1, -0.05) is 25.0 Å². The number of carbonyl (C=O) groups excluding carboxylic acids is 3. The van der Waals surface area contributed by atoms with E-state index >= 15 is 0 Å². The van der Waals surface area contributed by atoms with Gasteiger partial charge in [-0.2, -0.15) is 4.98 Å². The molecule has 3 aliphatic heterocycles. The summed E-state index contributed by atoms with van der Waals surface area (Å²) in [5.41, 5.74) is 5.10. The van der Waals surface area contributed by atoms with Crippen LogP contribution < -0.4 is 21.2 Å². The molecule has 1 saturated carbocycles. The standard InChI is InChI=1S/C41H49N11O4/c1-25(26-12-14-33(42-21-26)44-39-43-22-27-20-32(38(55)47(2)3)51(36(27)46-39)28-8-5-6-9-28)49-18-16-41(17-19-49)23-50(24-41)29-10-7-11-30-35(29)48(4)40(56)52(30)31-13-15-34(53)45-37(31)54/h7,10-12,14,20-22,25,28,31H,5-6,8-9,13,15-19,23-24H2,1-4H3,(H,45,53,54)(H,42,43,44,46)/t25?,31-/m0/s1. The Morgan fingerprint density at radius 2 is 1.75 bits per heavy atom. The smallest absolute Gasteiger partial charge is 0.329 e. The third-order valence-corrected chi connectivity index (χ3v) is 12.8. The van der Waals surface area contributed by atoms with Gasteiger partial charge in [-0.3, -0.25) is 33.7 Å². The van der Waals surface area contributed by atoms with Gasteiger partial charge in [-0.05, 0) is 81.9 Å². The first-order chi connectivity index (χ1) is 27.0. The number of aromatic nitrogens is 6. The predicted molar refractivity (Wildman–Crippen MR) is 213 cm³/mol. The van der Waals surface area contributed by atoms with E-state index in [2.05, 4.69) is 49.0 Å². The summed E-state index contributed by atoms with van der Waals surface area (Å²) in [7, 11) is 5.32. The Bertz CT molecular complexity index is 2410.